The van der Waals surface area contributed by atoms with Crippen LogP contribution in [0.25, 0.3) is 11.1 Å². The zero-order valence-electron chi connectivity index (χ0n) is 15.5. The molecule has 0 radical (unpaired) electrons. The van der Waals surface area contributed by atoms with Crippen LogP contribution in [0.5, 0.6) is 0 Å². The Bertz CT molecular complexity index is 1010. The van der Waals surface area contributed by atoms with E-state index in [0.717, 1.165) is 46.9 Å². The number of benzene rings is 2. The molecule has 1 amide bonds. The van der Waals surface area contributed by atoms with Crippen LogP contribution in [0.15, 0.2) is 36.4 Å². The number of nitrogens with one attached hydrogen (secondary N) is 2. The molecule has 1 aliphatic carbocycles. The van der Waals surface area contributed by atoms with Gasteiger partial charge in [-0.1, -0.05) is 24.6 Å². The van der Waals surface area contributed by atoms with Gasteiger partial charge in [0.1, 0.15) is 0 Å². The van der Waals surface area contributed by atoms with Gasteiger partial charge in [-0.25, -0.2) is 13.8 Å². The third-order valence-corrected chi connectivity index (χ3v) is 5.75. The van der Waals surface area contributed by atoms with Crippen LogP contribution in [0, 0.1) is 6.92 Å². The molecule has 142 valence electrons. The molecule has 27 heavy (non-hydrogen) atoms. The monoisotopic (exact) mass is 385 g/mol. The maximum Gasteiger partial charge on any atom is 0.268 e. The lowest BCUT2D eigenvalue weighted by molar-refractivity contribution is 0.0593. The molecule has 2 N–H and O–H groups in total. The first-order valence-corrected chi connectivity index (χ1v) is 11.0. The van der Waals surface area contributed by atoms with Crippen molar-refractivity contribution >= 4 is 21.6 Å². The highest BCUT2D eigenvalue weighted by atomic mass is 32.2. The van der Waals surface area contributed by atoms with E-state index in [9.17, 15) is 13.2 Å². The van der Waals surface area contributed by atoms with Gasteiger partial charge >= 0.3 is 0 Å². The summed E-state index contributed by atoms with van der Waals surface area (Å²) in [7, 11) is -3.33. The summed E-state index contributed by atoms with van der Waals surface area (Å²) in [6.45, 7) is 2.51. The fraction of sp³-hybridized carbons (Fsp3) is 0.350. The van der Waals surface area contributed by atoms with Crippen LogP contribution in [-0.2, 0) is 16.6 Å². The second kappa shape index (κ2) is 6.65. The summed E-state index contributed by atoms with van der Waals surface area (Å²) >= 11 is 0. The Morgan fingerprint density at radius 1 is 1.11 bits per heavy atom. The molecule has 6 nitrogen and oxygen atoms in total. The molecule has 7 heteroatoms. The number of anilines is 1. The number of sulfonamides is 1. The van der Waals surface area contributed by atoms with Gasteiger partial charge in [-0.2, -0.15) is 0 Å². The lowest BCUT2D eigenvalue weighted by atomic mass is 9.94. The minimum atomic E-state index is -3.33. The van der Waals surface area contributed by atoms with Crippen molar-refractivity contribution in [1.82, 2.24) is 10.4 Å². The van der Waals surface area contributed by atoms with E-state index >= 15 is 0 Å². The van der Waals surface area contributed by atoms with E-state index in [1.165, 1.54) is 6.42 Å². The molecule has 2 aromatic carbocycles. The first-order chi connectivity index (χ1) is 12.8. The van der Waals surface area contributed by atoms with Gasteiger partial charge in [0.25, 0.3) is 5.91 Å². The minimum Gasteiger partial charge on any atom is -0.284 e. The van der Waals surface area contributed by atoms with E-state index in [4.69, 9.17) is 0 Å². The smallest absolute Gasteiger partial charge is 0.268 e. The molecule has 0 aromatic heterocycles. The molecule has 1 aliphatic heterocycles. The molecular weight excluding hydrogens is 362 g/mol. The van der Waals surface area contributed by atoms with Crippen molar-refractivity contribution in [2.75, 3.05) is 11.0 Å². The van der Waals surface area contributed by atoms with Crippen molar-refractivity contribution < 1.29 is 13.2 Å². The third kappa shape index (κ3) is 3.70. The Balaban J connectivity index is 1.64. The number of fused-ring (bicyclic) bond motifs is 1. The highest BCUT2D eigenvalue weighted by Gasteiger charge is 2.32. The van der Waals surface area contributed by atoms with Crippen LogP contribution in [-0.4, -0.2) is 31.6 Å². The van der Waals surface area contributed by atoms with Crippen LogP contribution >= 0.6 is 0 Å². The molecule has 2 aromatic rings. The minimum absolute atomic E-state index is 0.0356. The number of hydrogen-bond acceptors (Lipinski definition) is 4. The number of amides is 1. The number of carbonyl (C=O) groups is 1. The van der Waals surface area contributed by atoms with Gasteiger partial charge in [0.2, 0.25) is 10.0 Å². The summed E-state index contributed by atoms with van der Waals surface area (Å²) in [5.74, 6) is 0.0356. The molecule has 0 spiro atoms. The zero-order chi connectivity index (χ0) is 19.2. The quantitative estimate of drug-likeness (QED) is 0.829. The molecule has 2 aliphatic rings. The summed E-state index contributed by atoms with van der Waals surface area (Å²) in [5.41, 5.74) is 8.46. The van der Waals surface area contributed by atoms with Crippen LogP contribution in [0.1, 0.15) is 40.7 Å². The van der Waals surface area contributed by atoms with Gasteiger partial charge in [-0.05, 0) is 60.2 Å². The summed E-state index contributed by atoms with van der Waals surface area (Å²) in [4.78, 5) is 12.7. The van der Waals surface area contributed by atoms with Crippen molar-refractivity contribution in [3.05, 3.63) is 53.1 Å². The maximum atomic E-state index is 12.7. The Kier molecular flexibility index (Phi) is 4.44. The topological polar surface area (TPSA) is 78.5 Å². The number of carbonyl (C=O) groups excluding carboxylic acids is 1. The number of nitrogens with zero attached hydrogens (tertiary/aromatic N) is 1. The van der Waals surface area contributed by atoms with Crippen LogP contribution in [0.3, 0.4) is 0 Å². The van der Waals surface area contributed by atoms with E-state index in [1.54, 1.807) is 11.1 Å². The number of hydrazine groups is 1. The maximum absolute atomic E-state index is 12.7. The Labute approximate surface area is 159 Å². The summed E-state index contributed by atoms with van der Waals surface area (Å²) in [6.07, 6.45) is 4.58. The molecule has 0 atom stereocenters. The average molecular weight is 385 g/mol. The SMILES string of the molecule is Cc1cc(-c2cccc(NS(C)(=O)=O)c2)cc2c1C(=O)N(NC1CCC1)C2. The second-order valence-electron chi connectivity index (χ2n) is 7.43. The Morgan fingerprint density at radius 3 is 2.56 bits per heavy atom. The Hall–Kier alpha value is -2.38. The fourth-order valence-electron chi connectivity index (χ4n) is 3.67. The first-order valence-electron chi connectivity index (χ1n) is 9.10. The van der Waals surface area contributed by atoms with E-state index in [1.807, 2.05) is 37.3 Å². The van der Waals surface area contributed by atoms with Gasteiger partial charge in [-0.15, -0.1) is 0 Å². The predicted octanol–water partition coefficient (Wildman–Crippen LogP) is 3.05. The van der Waals surface area contributed by atoms with E-state index in [-0.39, 0.29) is 5.91 Å². The molecule has 0 bridgehead atoms. The van der Waals surface area contributed by atoms with Crippen molar-refractivity contribution in [3.8, 4) is 11.1 Å². The standard InChI is InChI=1S/C20H23N3O3S/c1-13-9-15(14-5-3-8-18(11-14)22-27(2,25)26)10-16-12-23(20(24)19(13)16)21-17-6-4-7-17/h3,5,8-11,17,21-22H,4,6-7,12H2,1-2H3. The molecule has 1 saturated carbocycles. The summed E-state index contributed by atoms with van der Waals surface area (Å²) in [5, 5.41) is 1.73. The van der Waals surface area contributed by atoms with Crippen molar-refractivity contribution in [1.29, 1.82) is 0 Å². The molecule has 4 rings (SSSR count). The van der Waals surface area contributed by atoms with Gasteiger partial charge in [0, 0.05) is 17.3 Å². The van der Waals surface area contributed by atoms with Gasteiger partial charge in [0.05, 0.1) is 12.8 Å². The Morgan fingerprint density at radius 2 is 1.89 bits per heavy atom. The second-order valence-corrected chi connectivity index (χ2v) is 9.18. The highest BCUT2D eigenvalue weighted by Crippen LogP contribution is 2.32. The molecule has 1 fully saturated rings. The van der Waals surface area contributed by atoms with Crippen LogP contribution in [0.2, 0.25) is 0 Å². The van der Waals surface area contributed by atoms with E-state index in [2.05, 4.69) is 10.1 Å². The van der Waals surface area contributed by atoms with Crippen molar-refractivity contribution in [2.45, 2.75) is 38.8 Å². The van der Waals surface area contributed by atoms with Gasteiger partial charge < -0.3 is 0 Å². The zero-order valence-corrected chi connectivity index (χ0v) is 16.3. The highest BCUT2D eigenvalue weighted by molar-refractivity contribution is 7.92. The van der Waals surface area contributed by atoms with Gasteiger partial charge in [0.15, 0.2) is 0 Å². The summed E-state index contributed by atoms with van der Waals surface area (Å²) < 4.78 is 25.5. The number of aryl methyl sites for hydroxylation is 1. The average Bonchev–Trinajstić information content (AvgIpc) is 2.86. The van der Waals surface area contributed by atoms with Crippen molar-refractivity contribution in [2.24, 2.45) is 0 Å². The molecular formula is C20H23N3O3S. The first kappa shape index (κ1) is 18.0. The lowest BCUT2D eigenvalue weighted by Crippen LogP contribution is -2.47. The predicted molar refractivity (Wildman–Crippen MR) is 106 cm³/mol. The number of rotatable bonds is 5. The van der Waals surface area contributed by atoms with Crippen LogP contribution < -0.4 is 10.1 Å². The summed E-state index contributed by atoms with van der Waals surface area (Å²) in [6, 6.07) is 11.7. The molecule has 0 saturated heterocycles. The largest absolute Gasteiger partial charge is 0.284 e. The van der Waals surface area contributed by atoms with E-state index in [0.29, 0.717) is 18.3 Å². The normalized spacial score (nSPS) is 17.0. The van der Waals surface area contributed by atoms with Gasteiger partial charge in [-0.3, -0.25) is 14.5 Å². The third-order valence-electron chi connectivity index (χ3n) is 5.15. The lowest BCUT2D eigenvalue weighted by Gasteiger charge is -2.31. The molecule has 1 heterocycles. The van der Waals surface area contributed by atoms with E-state index < -0.39 is 10.0 Å². The van der Waals surface area contributed by atoms with Crippen molar-refractivity contribution in [3.63, 3.8) is 0 Å². The van der Waals surface area contributed by atoms with Crippen LogP contribution in [0.4, 0.5) is 5.69 Å². The molecule has 0 unspecified atom stereocenters. The number of hydrogen-bond donors (Lipinski definition) is 2. The fourth-order valence-corrected chi connectivity index (χ4v) is 4.23.